The lowest BCUT2D eigenvalue weighted by Crippen LogP contribution is -2.14. The van der Waals surface area contributed by atoms with Crippen molar-refractivity contribution in [2.24, 2.45) is 0 Å². The van der Waals surface area contributed by atoms with Crippen molar-refractivity contribution in [2.75, 3.05) is 11.9 Å². The Labute approximate surface area is 121 Å². The molecule has 102 valence electrons. The van der Waals surface area contributed by atoms with Crippen LogP contribution < -0.4 is 5.32 Å². The molecule has 5 heteroatoms. The summed E-state index contributed by atoms with van der Waals surface area (Å²) in [5, 5.41) is 17.1. The molecule has 0 spiro atoms. The average molecular weight is 324 g/mol. The van der Waals surface area contributed by atoms with Crippen molar-refractivity contribution in [2.45, 2.75) is 25.9 Å². The normalized spacial score (nSPS) is 12.4. The summed E-state index contributed by atoms with van der Waals surface area (Å²) < 4.78 is 2.94. The minimum atomic E-state index is -0.133. The first kappa shape index (κ1) is 14.1. The molecule has 2 aromatic rings. The van der Waals surface area contributed by atoms with Crippen LogP contribution >= 0.6 is 15.9 Å². The molecule has 2 N–H and O–H groups in total. The van der Waals surface area contributed by atoms with E-state index in [4.69, 9.17) is 0 Å². The van der Waals surface area contributed by atoms with E-state index >= 15 is 0 Å². The van der Waals surface area contributed by atoms with Crippen LogP contribution in [0, 0.1) is 0 Å². The fourth-order valence-electron chi connectivity index (χ4n) is 1.89. The minimum absolute atomic E-state index is 0.0356. The van der Waals surface area contributed by atoms with E-state index in [0.717, 1.165) is 28.7 Å². The molecule has 1 unspecified atom stereocenters. The van der Waals surface area contributed by atoms with Crippen molar-refractivity contribution < 1.29 is 5.11 Å². The number of hydrogen-bond donors (Lipinski definition) is 2. The molecule has 0 saturated heterocycles. The second-order valence-corrected chi connectivity index (χ2v) is 5.34. The summed E-state index contributed by atoms with van der Waals surface area (Å²) in [6, 6.07) is 7.76. The van der Waals surface area contributed by atoms with E-state index in [-0.39, 0.29) is 12.6 Å². The van der Waals surface area contributed by atoms with Gasteiger partial charge in [0.05, 0.1) is 18.8 Å². The fraction of sp³-hybridized carbons (Fsp3) is 0.357. The number of hydrogen-bond acceptors (Lipinski definition) is 3. The quantitative estimate of drug-likeness (QED) is 0.858. The molecule has 4 nitrogen and oxygen atoms in total. The molecule has 0 fully saturated rings. The first-order valence-electron chi connectivity index (χ1n) is 6.38. The highest BCUT2D eigenvalue weighted by atomic mass is 79.9. The largest absolute Gasteiger partial charge is 0.394 e. The molecular weight excluding hydrogens is 306 g/mol. The number of aliphatic hydroxyl groups excluding tert-OH is 1. The third-order valence-electron chi connectivity index (χ3n) is 2.88. The topological polar surface area (TPSA) is 50.1 Å². The second kappa shape index (κ2) is 6.73. The van der Waals surface area contributed by atoms with Gasteiger partial charge in [0.1, 0.15) is 0 Å². The Bertz CT molecular complexity index is 510. The zero-order valence-corrected chi connectivity index (χ0v) is 12.5. The molecule has 0 aliphatic carbocycles. The van der Waals surface area contributed by atoms with Crippen molar-refractivity contribution in [1.82, 2.24) is 9.78 Å². The van der Waals surface area contributed by atoms with Gasteiger partial charge in [-0.3, -0.25) is 4.68 Å². The highest BCUT2D eigenvalue weighted by Gasteiger charge is 2.12. The lowest BCUT2D eigenvalue weighted by Gasteiger charge is -2.16. The van der Waals surface area contributed by atoms with E-state index in [2.05, 4.69) is 33.3 Å². The number of halogens is 1. The van der Waals surface area contributed by atoms with Gasteiger partial charge in [0.2, 0.25) is 0 Å². The van der Waals surface area contributed by atoms with Crippen molar-refractivity contribution in [1.29, 1.82) is 0 Å². The fourth-order valence-corrected chi connectivity index (χ4v) is 2.16. The maximum atomic E-state index is 9.53. The van der Waals surface area contributed by atoms with Gasteiger partial charge in [-0.05, 0) is 30.7 Å². The van der Waals surface area contributed by atoms with E-state index in [9.17, 15) is 5.11 Å². The third-order valence-corrected chi connectivity index (χ3v) is 3.40. The highest BCUT2D eigenvalue weighted by Crippen LogP contribution is 2.20. The number of benzene rings is 1. The van der Waals surface area contributed by atoms with E-state index in [1.165, 1.54) is 0 Å². The van der Waals surface area contributed by atoms with Crippen LogP contribution in [-0.4, -0.2) is 21.5 Å². The molecule has 1 aromatic carbocycles. The number of aryl methyl sites for hydroxylation is 1. The summed E-state index contributed by atoms with van der Waals surface area (Å²) in [4.78, 5) is 0. The Morgan fingerprint density at radius 3 is 2.74 bits per heavy atom. The van der Waals surface area contributed by atoms with Crippen LogP contribution in [0.4, 0.5) is 5.69 Å². The standard InChI is InChI=1S/C14H18BrN3O/c1-2-7-18-9-11(8-16-18)14(10-19)17-13-5-3-12(15)4-6-13/h3-6,8-9,14,17,19H,2,7,10H2,1H3. The van der Waals surface area contributed by atoms with Crippen molar-refractivity contribution in [3.8, 4) is 0 Å². The lowest BCUT2D eigenvalue weighted by molar-refractivity contribution is 0.276. The first-order chi connectivity index (χ1) is 9.22. The summed E-state index contributed by atoms with van der Waals surface area (Å²) >= 11 is 3.40. The summed E-state index contributed by atoms with van der Waals surface area (Å²) in [6.45, 7) is 3.05. The maximum Gasteiger partial charge on any atom is 0.0775 e. The van der Waals surface area contributed by atoms with Crippen LogP contribution in [0.15, 0.2) is 41.1 Å². The second-order valence-electron chi connectivity index (χ2n) is 4.42. The first-order valence-corrected chi connectivity index (χ1v) is 7.17. The van der Waals surface area contributed by atoms with Gasteiger partial charge in [0, 0.05) is 28.5 Å². The molecule has 0 saturated carbocycles. The predicted octanol–water partition coefficient (Wildman–Crippen LogP) is 3.20. The predicted molar refractivity (Wildman–Crippen MR) is 80.1 cm³/mol. The zero-order valence-electron chi connectivity index (χ0n) is 10.9. The van der Waals surface area contributed by atoms with Gasteiger partial charge in [-0.1, -0.05) is 22.9 Å². The maximum absolute atomic E-state index is 9.53. The summed E-state index contributed by atoms with van der Waals surface area (Å²) in [6.07, 6.45) is 4.84. The van der Waals surface area contributed by atoms with Gasteiger partial charge < -0.3 is 10.4 Å². The summed E-state index contributed by atoms with van der Waals surface area (Å²) in [5.41, 5.74) is 1.98. The van der Waals surface area contributed by atoms with Gasteiger partial charge in [0.25, 0.3) is 0 Å². The van der Waals surface area contributed by atoms with E-state index in [1.54, 1.807) is 0 Å². The molecule has 0 aliphatic rings. The van der Waals surface area contributed by atoms with Crippen molar-refractivity contribution in [3.63, 3.8) is 0 Å². The van der Waals surface area contributed by atoms with Crippen LogP contribution in [0.2, 0.25) is 0 Å². The molecule has 1 heterocycles. The van der Waals surface area contributed by atoms with Gasteiger partial charge >= 0.3 is 0 Å². The van der Waals surface area contributed by atoms with Gasteiger partial charge in [-0.15, -0.1) is 0 Å². The number of anilines is 1. The molecule has 2 rings (SSSR count). The van der Waals surface area contributed by atoms with Gasteiger partial charge in [-0.25, -0.2) is 0 Å². The average Bonchev–Trinajstić information content (AvgIpc) is 2.87. The molecule has 1 atom stereocenters. The summed E-state index contributed by atoms with van der Waals surface area (Å²) in [7, 11) is 0. The number of aromatic nitrogens is 2. The molecule has 0 amide bonds. The molecule has 0 aliphatic heterocycles. The third kappa shape index (κ3) is 3.81. The Morgan fingerprint density at radius 2 is 2.11 bits per heavy atom. The van der Waals surface area contributed by atoms with Gasteiger partial charge in [-0.2, -0.15) is 5.10 Å². The molecule has 0 bridgehead atoms. The Balaban J connectivity index is 2.08. The number of nitrogens with zero attached hydrogens (tertiary/aromatic N) is 2. The molecule has 0 radical (unpaired) electrons. The smallest absolute Gasteiger partial charge is 0.0775 e. The Hall–Kier alpha value is -1.33. The monoisotopic (exact) mass is 323 g/mol. The van der Waals surface area contributed by atoms with Crippen molar-refractivity contribution in [3.05, 3.63) is 46.7 Å². The van der Waals surface area contributed by atoms with Crippen molar-refractivity contribution >= 4 is 21.6 Å². The minimum Gasteiger partial charge on any atom is -0.394 e. The highest BCUT2D eigenvalue weighted by molar-refractivity contribution is 9.10. The van der Waals surface area contributed by atoms with E-state index in [0.29, 0.717) is 0 Å². The molecular formula is C14H18BrN3O. The van der Waals surface area contributed by atoms with Crippen LogP contribution in [0.3, 0.4) is 0 Å². The number of nitrogens with one attached hydrogen (secondary N) is 1. The van der Waals surface area contributed by atoms with E-state index in [1.807, 2.05) is 41.3 Å². The SMILES string of the molecule is CCCn1cc(C(CO)Nc2ccc(Br)cc2)cn1. The summed E-state index contributed by atoms with van der Waals surface area (Å²) in [5.74, 6) is 0. The lowest BCUT2D eigenvalue weighted by atomic mass is 10.1. The van der Waals surface area contributed by atoms with Gasteiger partial charge in [0.15, 0.2) is 0 Å². The Morgan fingerprint density at radius 1 is 1.37 bits per heavy atom. The van der Waals surface area contributed by atoms with E-state index < -0.39 is 0 Å². The van der Waals surface area contributed by atoms with Crippen LogP contribution in [0.25, 0.3) is 0 Å². The Kier molecular flexibility index (Phi) is 4.99. The van der Waals surface area contributed by atoms with Crippen LogP contribution in [0.1, 0.15) is 24.9 Å². The molecule has 1 aromatic heterocycles. The number of aliphatic hydroxyl groups is 1. The number of rotatable bonds is 6. The molecule has 19 heavy (non-hydrogen) atoms. The van der Waals surface area contributed by atoms with Crippen LogP contribution in [0.5, 0.6) is 0 Å². The zero-order chi connectivity index (χ0) is 13.7. The van der Waals surface area contributed by atoms with Crippen LogP contribution in [-0.2, 0) is 6.54 Å².